The Hall–Kier alpha value is -4.13. The van der Waals surface area contributed by atoms with E-state index < -0.39 is 18.5 Å². The fourth-order valence-electron chi connectivity index (χ4n) is 3.98. The maximum absolute atomic E-state index is 12.5. The van der Waals surface area contributed by atoms with Crippen molar-refractivity contribution in [3.63, 3.8) is 0 Å². The predicted octanol–water partition coefficient (Wildman–Crippen LogP) is 4.79. The topological polar surface area (TPSA) is 88.9 Å². The molecule has 4 aromatic rings. The van der Waals surface area contributed by atoms with E-state index in [1.54, 1.807) is 35.4 Å². The highest BCUT2D eigenvalue weighted by atomic mass is 16.5. The first-order valence-corrected chi connectivity index (χ1v) is 11.2. The number of fused-ring (bicyclic) bond motifs is 3. The lowest BCUT2D eigenvalue weighted by molar-refractivity contribution is -0.146. The van der Waals surface area contributed by atoms with Gasteiger partial charge in [0.15, 0.2) is 6.61 Å². The summed E-state index contributed by atoms with van der Waals surface area (Å²) in [5, 5.41) is 5.59. The molecule has 0 spiro atoms. The van der Waals surface area contributed by atoms with E-state index in [2.05, 4.69) is 5.32 Å². The van der Waals surface area contributed by atoms with Gasteiger partial charge in [-0.3, -0.25) is 14.4 Å². The highest BCUT2D eigenvalue weighted by molar-refractivity contribution is 6.08. The van der Waals surface area contributed by atoms with E-state index in [4.69, 9.17) is 9.15 Å². The Kier molecular flexibility index (Phi) is 6.92. The summed E-state index contributed by atoms with van der Waals surface area (Å²) in [6.45, 7) is 4.60. The van der Waals surface area contributed by atoms with Crippen LogP contribution >= 0.6 is 0 Å². The van der Waals surface area contributed by atoms with Crippen LogP contribution in [0.15, 0.2) is 71.3 Å². The highest BCUT2D eigenvalue weighted by Gasteiger charge is 2.16. The maximum atomic E-state index is 12.5. The second-order valence-corrected chi connectivity index (χ2v) is 7.86. The number of hydrogen-bond acceptors (Lipinski definition) is 5. The third kappa shape index (κ3) is 4.93. The molecule has 1 N–H and O–H groups in total. The van der Waals surface area contributed by atoms with Crippen molar-refractivity contribution in [3.05, 3.63) is 78.1 Å². The minimum atomic E-state index is -0.531. The zero-order valence-corrected chi connectivity index (χ0v) is 19.2. The zero-order chi connectivity index (χ0) is 24.1. The van der Waals surface area contributed by atoms with E-state index in [0.717, 1.165) is 16.2 Å². The summed E-state index contributed by atoms with van der Waals surface area (Å²) in [5.41, 5.74) is 2.35. The van der Waals surface area contributed by atoms with Gasteiger partial charge in [-0.15, -0.1) is 0 Å². The van der Waals surface area contributed by atoms with Crippen LogP contribution in [0.2, 0.25) is 0 Å². The van der Waals surface area contributed by atoms with E-state index in [-0.39, 0.29) is 12.3 Å². The summed E-state index contributed by atoms with van der Waals surface area (Å²) in [5.74, 6) is -1.12. The van der Waals surface area contributed by atoms with Crippen molar-refractivity contribution in [3.8, 4) is 0 Å². The van der Waals surface area contributed by atoms with Crippen LogP contribution in [0.4, 0.5) is 5.69 Å². The number of esters is 1. The van der Waals surface area contributed by atoms with E-state index in [1.807, 2.05) is 50.2 Å². The Bertz CT molecular complexity index is 1350. The molecule has 174 valence electrons. The molecular formula is C27H26N2O5. The van der Waals surface area contributed by atoms with Crippen LogP contribution in [0.5, 0.6) is 0 Å². The molecule has 0 saturated carbocycles. The number of anilines is 1. The number of hydrogen-bond donors (Lipinski definition) is 1. The molecule has 0 aliphatic carbocycles. The summed E-state index contributed by atoms with van der Waals surface area (Å²) < 4.78 is 10.8. The van der Waals surface area contributed by atoms with E-state index >= 15 is 0 Å². The summed E-state index contributed by atoms with van der Waals surface area (Å²) in [7, 11) is 0. The number of furan rings is 1. The molecule has 0 aliphatic heterocycles. The van der Waals surface area contributed by atoms with E-state index in [1.165, 1.54) is 0 Å². The fraction of sp³-hybridized carbons (Fsp3) is 0.222. The van der Waals surface area contributed by atoms with Crippen LogP contribution in [-0.4, -0.2) is 42.4 Å². The Morgan fingerprint density at radius 3 is 2.56 bits per heavy atom. The summed E-state index contributed by atoms with van der Waals surface area (Å²) in [6, 6.07) is 18.4. The highest BCUT2D eigenvalue weighted by Crippen LogP contribution is 2.30. The second-order valence-electron chi connectivity index (χ2n) is 7.86. The number of rotatable bonds is 8. The lowest BCUT2D eigenvalue weighted by Gasteiger charge is -2.19. The van der Waals surface area contributed by atoms with Gasteiger partial charge in [0, 0.05) is 35.3 Å². The molecule has 0 saturated heterocycles. The standard InChI is InChI=1S/C27H26N2O5/c1-3-29(4-2)27(32)19-9-7-10-21(14-19)28-24(30)17-34-25(31)15-20-16-33-23-13-12-18-8-5-6-11-22(18)26(20)23/h5-14,16H,3-4,15,17H2,1-2H3,(H,28,30). The SMILES string of the molecule is CCN(CC)C(=O)c1cccc(NC(=O)COC(=O)Cc2coc3ccc4ccccc4c23)c1. The molecule has 1 heterocycles. The van der Waals surface area contributed by atoms with Crippen LogP contribution in [0, 0.1) is 0 Å². The molecule has 1 aromatic heterocycles. The number of nitrogens with zero attached hydrogens (tertiary/aromatic N) is 1. The van der Waals surface area contributed by atoms with Gasteiger partial charge in [-0.25, -0.2) is 0 Å². The van der Waals surface area contributed by atoms with E-state index in [9.17, 15) is 14.4 Å². The van der Waals surface area contributed by atoms with E-state index in [0.29, 0.717) is 35.5 Å². The van der Waals surface area contributed by atoms with Gasteiger partial charge in [0.05, 0.1) is 12.7 Å². The number of amides is 2. The molecule has 0 bridgehead atoms. The lowest BCUT2D eigenvalue weighted by Crippen LogP contribution is -2.30. The molecule has 7 heteroatoms. The second kappa shape index (κ2) is 10.2. The summed E-state index contributed by atoms with van der Waals surface area (Å²) in [6.07, 6.45) is 1.54. The van der Waals surface area contributed by atoms with Crippen molar-refractivity contribution in [1.82, 2.24) is 4.90 Å². The van der Waals surface area contributed by atoms with Gasteiger partial charge in [0.2, 0.25) is 0 Å². The molecule has 0 atom stereocenters. The molecule has 0 unspecified atom stereocenters. The molecule has 7 nitrogen and oxygen atoms in total. The minimum Gasteiger partial charge on any atom is -0.464 e. The van der Waals surface area contributed by atoms with Crippen LogP contribution in [0.3, 0.4) is 0 Å². The molecule has 4 rings (SSSR count). The largest absolute Gasteiger partial charge is 0.464 e. The molecule has 0 radical (unpaired) electrons. The quantitative estimate of drug-likeness (QED) is 0.384. The smallest absolute Gasteiger partial charge is 0.310 e. The number of carbonyl (C=O) groups excluding carboxylic acids is 3. The maximum Gasteiger partial charge on any atom is 0.310 e. The predicted molar refractivity (Wildman–Crippen MR) is 131 cm³/mol. The van der Waals surface area contributed by atoms with Gasteiger partial charge in [-0.1, -0.05) is 36.4 Å². The molecule has 34 heavy (non-hydrogen) atoms. The number of carbonyl (C=O) groups is 3. The average Bonchev–Trinajstić information content (AvgIpc) is 3.26. The van der Waals surface area contributed by atoms with Crippen LogP contribution in [0.25, 0.3) is 21.7 Å². The van der Waals surface area contributed by atoms with Gasteiger partial charge in [0.1, 0.15) is 5.58 Å². The lowest BCUT2D eigenvalue weighted by atomic mass is 10.0. The Balaban J connectivity index is 1.37. The van der Waals surface area contributed by atoms with Crippen molar-refractivity contribution in [2.45, 2.75) is 20.3 Å². The third-order valence-corrected chi connectivity index (χ3v) is 5.68. The van der Waals surface area contributed by atoms with Crippen molar-refractivity contribution in [1.29, 1.82) is 0 Å². The first kappa shape index (κ1) is 23.0. The molecule has 2 amide bonds. The van der Waals surface area contributed by atoms with Crippen LogP contribution in [-0.2, 0) is 20.7 Å². The number of nitrogens with one attached hydrogen (secondary N) is 1. The molecule has 0 fully saturated rings. The van der Waals surface area contributed by atoms with Crippen molar-refractivity contribution < 1.29 is 23.5 Å². The molecule has 3 aromatic carbocycles. The molecular weight excluding hydrogens is 432 g/mol. The van der Waals surface area contributed by atoms with Gasteiger partial charge in [0.25, 0.3) is 11.8 Å². The van der Waals surface area contributed by atoms with Crippen molar-refractivity contribution >= 4 is 45.2 Å². The molecule has 0 aliphatic rings. The first-order chi connectivity index (χ1) is 16.5. The number of benzene rings is 3. The third-order valence-electron chi connectivity index (χ3n) is 5.68. The van der Waals surface area contributed by atoms with Gasteiger partial charge < -0.3 is 19.4 Å². The van der Waals surface area contributed by atoms with Crippen LogP contribution in [0.1, 0.15) is 29.8 Å². The summed E-state index contributed by atoms with van der Waals surface area (Å²) >= 11 is 0. The average molecular weight is 459 g/mol. The van der Waals surface area contributed by atoms with Crippen LogP contribution < -0.4 is 5.32 Å². The van der Waals surface area contributed by atoms with Gasteiger partial charge >= 0.3 is 5.97 Å². The zero-order valence-electron chi connectivity index (χ0n) is 19.2. The van der Waals surface area contributed by atoms with Gasteiger partial charge in [-0.05, 0) is 48.9 Å². The Labute approximate surface area is 197 Å². The first-order valence-electron chi connectivity index (χ1n) is 11.2. The van der Waals surface area contributed by atoms with Crippen molar-refractivity contribution in [2.75, 3.05) is 25.0 Å². The fourth-order valence-corrected chi connectivity index (χ4v) is 3.98. The summed E-state index contributed by atoms with van der Waals surface area (Å²) in [4.78, 5) is 39.0. The monoisotopic (exact) mass is 458 g/mol. The minimum absolute atomic E-state index is 0.0118. The van der Waals surface area contributed by atoms with Gasteiger partial charge in [-0.2, -0.15) is 0 Å². The Morgan fingerprint density at radius 2 is 1.76 bits per heavy atom. The van der Waals surface area contributed by atoms with Crippen molar-refractivity contribution in [2.24, 2.45) is 0 Å². The Morgan fingerprint density at radius 1 is 0.971 bits per heavy atom. The normalized spacial score (nSPS) is 10.9. The number of ether oxygens (including phenoxy) is 1.